The van der Waals surface area contributed by atoms with Crippen molar-refractivity contribution in [3.8, 4) is 11.5 Å². The molecule has 0 heterocycles. The molecule has 2 aromatic rings. The number of ketones is 1. The standard InChI is InChI=1S/C25H24F3N3O7/c26-25(27,28)24(35)38-23(34)18(32)12-14-8-9-15(21(29)30)13-20(14)36-11-10-31-22(33)17-6-1-2-7-19(17)37-16-4-3-5-16/h1-2,6-9,13,16H,3-5,10-12H2,(H3,29,30)(H,31,33). The lowest BCUT2D eigenvalue weighted by atomic mass is 9.96. The molecular formula is C25H24F3N3O7. The van der Waals surface area contributed by atoms with Gasteiger partial charge in [0.05, 0.1) is 18.2 Å². The predicted octanol–water partition coefficient (Wildman–Crippen LogP) is 2.45. The lowest BCUT2D eigenvalue weighted by Gasteiger charge is -2.27. The highest BCUT2D eigenvalue weighted by atomic mass is 19.4. The summed E-state index contributed by atoms with van der Waals surface area (Å²) in [5, 5.41) is 10.2. The number of Topliss-reactive ketones (excluding diaryl/α,β-unsaturated/α-hetero) is 1. The smallest absolute Gasteiger partial charge is 0.491 e. The molecule has 0 saturated heterocycles. The van der Waals surface area contributed by atoms with Crippen LogP contribution in [0.3, 0.4) is 0 Å². The van der Waals surface area contributed by atoms with Gasteiger partial charge in [-0.25, -0.2) is 9.59 Å². The Morgan fingerprint density at radius 1 is 1.05 bits per heavy atom. The highest BCUT2D eigenvalue weighted by Crippen LogP contribution is 2.27. The van der Waals surface area contributed by atoms with Crippen LogP contribution in [0.2, 0.25) is 0 Å². The highest BCUT2D eigenvalue weighted by molar-refractivity contribution is 6.35. The zero-order valence-electron chi connectivity index (χ0n) is 19.9. The average Bonchev–Trinajstić information content (AvgIpc) is 2.84. The van der Waals surface area contributed by atoms with E-state index < -0.39 is 36.2 Å². The van der Waals surface area contributed by atoms with Crippen molar-refractivity contribution in [2.24, 2.45) is 5.73 Å². The second kappa shape index (κ2) is 12.2. The molecular weight excluding hydrogens is 511 g/mol. The summed E-state index contributed by atoms with van der Waals surface area (Å²) in [4.78, 5) is 47.2. The van der Waals surface area contributed by atoms with Crippen LogP contribution in [0.5, 0.6) is 11.5 Å². The van der Waals surface area contributed by atoms with Crippen LogP contribution in [0.4, 0.5) is 13.2 Å². The number of carbonyl (C=O) groups is 4. The number of alkyl halides is 3. The molecule has 0 aliphatic heterocycles. The van der Waals surface area contributed by atoms with Crippen molar-refractivity contribution in [3.63, 3.8) is 0 Å². The maximum Gasteiger partial charge on any atom is 0.491 e. The Balaban J connectivity index is 1.61. The van der Waals surface area contributed by atoms with Crippen LogP contribution in [0, 0.1) is 5.41 Å². The second-order valence-corrected chi connectivity index (χ2v) is 8.28. The molecule has 1 fully saturated rings. The SMILES string of the molecule is N=C(N)c1ccc(CC(=O)C(=O)OC(=O)C(F)(F)F)c(OCCNC(=O)c2ccccc2OC2CCC2)c1. The summed E-state index contributed by atoms with van der Waals surface area (Å²) in [5.74, 6) is -6.52. The summed E-state index contributed by atoms with van der Waals surface area (Å²) in [7, 11) is 0. The first-order valence-corrected chi connectivity index (χ1v) is 11.5. The molecule has 10 nitrogen and oxygen atoms in total. The van der Waals surface area contributed by atoms with Crippen molar-refractivity contribution in [1.29, 1.82) is 5.41 Å². The molecule has 1 amide bonds. The van der Waals surface area contributed by atoms with Crippen LogP contribution >= 0.6 is 0 Å². The number of carbonyl (C=O) groups excluding carboxylic acids is 4. The van der Waals surface area contributed by atoms with E-state index in [2.05, 4.69) is 10.1 Å². The minimum absolute atomic E-state index is 0.0102. The number of amidine groups is 1. The molecule has 0 unspecified atom stereocenters. The summed E-state index contributed by atoms with van der Waals surface area (Å²) >= 11 is 0. The zero-order valence-corrected chi connectivity index (χ0v) is 19.9. The maximum atomic E-state index is 12.7. The molecule has 4 N–H and O–H groups in total. The predicted molar refractivity (Wildman–Crippen MR) is 126 cm³/mol. The van der Waals surface area contributed by atoms with E-state index in [1.807, 2.05) is 0 Å². The monoisotopic (exact) mass is 535 g/mol. The molecule has 1 aliphatic carbocycles. The molecule has 13 heteroatoms. The lowest BCUT2D eigenvalue weighted by molar-refractivity contribution is -0.202. The van der Waals surface area contributed by atoms with Gasteiger partial charge in [-0.15, -0.1) is 0 Å². The number of esters is 2. The van der Waals surface area contributed by atoms with Crippen molar-refractivity contribution in [1.82, 2.24) is 5.32 Å². The third kappa shape index (κ3) is 7.54. The van der Waals surface area contributed by atoms with Crippen LogP contribution < -0.4 is 20.5 Å². The van der Waals surface area contributed by atoms with E-state index in [0.29, 0.717) is 11.3 Å². The zero-order chi connectivity index (χ0) is 27.9. The Labute approximate surface area is 214 Å². The average molecular weight is 535 g/mol. The number of amides is 1. The molecule has 0 aromatic heterocycles. The van der Waals surface area contributed by atoms with E-state index in [9.17, 15) is 32.3 Å². The van der Waals surface area contributed by atoms with Gasteiger partial charge >= 0.3 is 18.1 Å². The summed E-state index contributed by atoms with van der Waals surface area (Å²) in [6.45, 7) is -0.104. The molecule has 2 aromatic carbocycles. The molecule has 0 radical (unpaired) electrons. The van der Waals surface area contributed by atoms with Crippen LogP contribution in [-0.4, -0.2) is 54.9 Å². The number of nitrogens with one attached hydrogen (secondary N) is 2. The number of hydrogen-bond donors (Lipinski definition) is 3. The first kappa shape index (κ1) is 28.2. The molecule has 3 rings (SSSR count). The number of benzene rings is 2. The quantitative estimate of drug-likeness (QED) is 0.0989. The Bertz CT molecular complexity index is 1240. The van der Waals surface area contributed by atoms with Crippen molar-refractivity contribution in [2.75, 3.05) is 13.2 Å². The molecule has 38 heavy (non-hydrogen) atoms. The first-order chi connectivity index (χ1) is 18.0. The summed E-state index contributed by atoms with van der Waals surface area (Å²) < 4.78 is 51.9. The van der Waals surface area contributed by atoms with E-state index in [1.54, 1.807) is 24.3 Å². The van der Waals surface area contributed by atoms with Gasteiger partial charge in [-0.1, -0.05) is 24.3 Å². The minimum Gasteiger partial charge on any atom is -0.491 e. The minimum atomic E-state index is -5.44. The van der Waals surface area contributed by atoms with Gasteiger partial charge < -0.3 is 25.3 Å². The Kier molecular flexibility index (Phi) is 9.05. The third-order valence-corrected chi connectivity index (χ3v) is 5.50. The third-order valence-electron chi connectivity index (χ3n) is 5.50. The van der Waals surface area contributed by atoms with Crippen molar-refractivity contribution < 1.29 is 46.6 Å². The number of ether oxygens (including phenoxy) is 3. The van der Waals surface area contributed by atoms with Gasteiger partial charge in [0.25, 0.3) is 5.91 Å². The van der Waals surface area contributed by atoms with E-state index in [4.69, 9.17) is 20.6 Å². The van der Waals surface area contributed by atoms with Gasteiger partial charge in [0.2, 0.25) is 5.78 Å². The van der Waals surface area contributed by atoms with Gasteiger partial charge in [-0.2, -0.15) is 13.2 Å². The van der Waals surface area contributed by atoms with Crippen molar-refractivity contribution in [3.05, 3.63) is 59.2 Å². The van der Waals surface area contributed by atoms with Crippen molar-refractivity contribution >= 4 is 29.5 Å². The molecule has 202 valence electrons. The fourth-order valence-corrected chi connectivity index (χ4v) is 3.29. The van der Waals surface area contributed by atoms with E-state index in [0.717, 1.165) is 19.3 Å². The summed E-state index contributed by atoms with van der Waals surface area (Å²) in [5.41, 5.74) is 6.08. The Morgan fingerprint density at radius 3 is 2.39 bits per heavy atom. The van der Waals surface area contributed by atoms with Gasteiger partial charge in [0.15, 0.2) is 0 Å². The number of para-hydroxylation sites is 1. The first-order valence-electron chi connectivity index (χ1n) is 11.5. The van der Waals surface area contributed by atoms with E-state index >= 15 is 0 Å². The Morgan fingerprint density at radius 2 is 1.76 bits per heavy atom. The highest BCUT2D eigenvalue weighted by Gasteiger charge is 2.43. The Hall–Kier alpha value is -4.42. The topological polar surface area (TPSA) is 158 Å². The van der Waals surface area contributed by atoms with Crippen LogP contribution in [0.25, 0.3) is 0 Å². The van der Waals surface area contributed by atoms with Gasteiger partial charge in [0, 0.05) is 17.5 Å². The number of rotatable bonds is 11. The van der Waals surface area contributed by atoms with Crippen LogP contribution in [-0.2, 0) is 25.5 Å². The van der Waals surface area contributed by atoms with E-state index in [1.165, 1.54) is 18.2 Å². The lowest BCUT2D eigenvalue weighted by Crippen LogP contribution is -2.32. The molecule has 0 spiro atoms. The van der Waals surface area contributed by atoms with Crippen LogP contribution in [0.1, 0.15) is 40.7 Å². The summed E-state index contributed by atoms with van der Waals surface area (Å²) in [6.07, 6.45) is -3.21. The normalized spacial score (nSPS) is 13.1. The maximum absolute atomic E-state index is 12.7. The summed E-state index contributed by atoms with van der Waals surface area (Å²) in [6, 6.07) is 10.7. The number of hydrogen-bond acceptors (Lipinski definition) is 8. The van der Waals surface area contributed by atoms with Gasteiger partial charge in [-0.3, -0.25) is 15.0 Å². The fourth-order valence-electron chi connectivity index (χ4n) is 3.29. The van der Waals surface area contributed by atoms with E-state index in [-0.39, 0.29) is 42.0 Å². The fraction of sp³-hybridized carbons (Fsp3) is 0.320. The second-order valence-electron chi connectivity index (χ2n) is 8.28. The number of halogens is 3. The largest absolute Gasteiger partial charge is 0.491 e. The van der Waals surface area contributed by atoms with Gasteiger partial charge in [-0.05, 0) is 37.5 Å². The molecule has 1 aliphatic rings. The van der Waals surface area contributed by atoms with Crippen LogP contribution in [0.15, 0.2) is 42.5 Å². The number of nitrogens with two attached hydrogens (primary N) is 1. The molecule has 0 atom stereocenters. The number of nitrogen functional groups attached to an aromatic ring is 1. The van der Waals surface area contributed by atoms with Crippen molar-refractivity contribution in [2.45, 2.75) is 38.0 Å². The molecule has 1 saturated carbocycles. The van der Waals surface area contributed by atoms with Gasteiger partial charge in [0.1, 0.15) is 23.9 Å². The molecule has 0 bridgehead atoms.